The Morgan fingerprint density at radius 3 is 2.04 bits per heavy atom. The van der Waals surface area contributed by atoms with Crippen LogP contribution in [0.2, 0.25) is 0 Å². The molecule has 0 amide bonds. The fourth-order valence-electron chi connectivity index (χ4n) is 1.96. The number of esters is 2. The summed E-state index contributed by atoms with van der Waals surface area (Å²) in [6, 6.07) is 3.72. The number of hydrogen-bond acceptors (Lipinski definition) is 5. The van der Waals surface area contributed by atoms with E-state index in [1.165, 1.54) is 19.9 Å². The standard InChI is InChI=1S/C15H12F5NO4/c1-13(2)24-11(22)8(12(23)25-13)7-21-10-6-4-3-5-9(10)14(16,17)15(18,19)20/h3-7,21H,1-2H3. The number of hydrogen-bond donors (Lipinski definition) is 1. The number of para-hydroxylation sites is 1. The van der Waals surface area contributed by atoms with Gasteiger partial charge < -0.3 is 14.8 Å². The average Bonchev–Trinajstić information content (AvgIpc) is 2.44. The molecule has 1 fully saturated rings. The molecule has 0 unspecified atom stereocenters. The zero-order chi connectivity index (χ0) is 19.0. The lowest BCUT2D eigenvalue weighted by Gasteiger charge is -2.29. The summed E-state index contributed by atoms with van der Waals surface area (Å²) in [5.41, 5.74) is -2.68. The van der Waals surface area contributed by atoms with Crippen LogP contribution in [0.4, 0.5) is 27.6 Å². The second-order valence-electron chi connectivity index (χ2n) is 5.50. The third-order valence-electron chi connectivity index (χ3n) is 3.11. The lowest BCUT2D eigenvalue weighted by atomic mass is 10.1. The molecule has 1 heterocycles. The number of cyclic esters (lactones) is 2. The van der Waals surface area contributed by atoms with Crippen molar-refractivity contribution in [3.63, 3.8) is 0 Å². The Hall–Kier alpha value is -2.65. The molecule has 1 aliphatic rings. The number of carbonyl (C=O) groups is 2. The minimum absolute atomic E-state index is 0.578. The SMILES string of the molecule is CC1(C)OC(=O)C(=CNc2ccccc2C(F)(F)C(F)(F)F)C(=O)O1. The van der Waals surface area contributed by atoms with Crippen LogP contribution >= 0.6 is 0 Å². The van der Waals surface area contributed by atoms with Gasteiger partial charge in [-0.25, -0.2) is 9.59 Å². The van der Waals surface area contributed by atoms with Gasteiger partial charge in [-0.05, 0) is 6.07 Å². The molecule has 2 rings (SSSR count). The van der Waals surface area contributed by atoms with Crippen LogP contribution in [0, 0.1) is 0 Å². The first-order valence-corrected chi connectivity index (χ1v) is 6.82. The minimum atomic E-state index is -5.81. The molecule has 0 bridgehead atoms. The monoisotopic (exact) mass is 365 g/mol. The van der Waals surface area contributed by atoms with Crippen LogP contribution < -0.4 is 5.32 Å². The van der Waals surface area contributed by atoms with Crippen LogP contribution in [0.25, 0.3) is 0 Å². The zero-order valence-corrected chi connectivity index (χ0v) is 12.9. The Balaban J connectivity index is 2.34. The first-order valence-electron chi connectivity index (χ1n) is 6.82. The van der Waals surface area contributed by atoms with E-state index in [0.717, 1.165) is 12.1 Å². The van der Waals surface area contributed by atoms with Crippen molar-refractivity contribution in [1.82, 2.24) is 0 Å². The summed E-state index contributed by atoms with van der Waals surface area (Å²) in [5, 5.41) is 2.11. The molecule has 1 aliphatic heterocycles. The quantitative estimate of drug-likeness (QED) is 0.385. The van der Waals surface area contributed by atoms with Gasteiger partial charge in [-0.3, -0.25) is 0 Å². The second kappa shape index (κ2) is 6.01. The van der Waals surface area contributed by atoms with E-state index in [-0.39, 0.29) is 0 Å². The minimum Gasteiger partial charge on any atom is -0.419 e. The molecule has 0 radical (unpaired) electrons. The van der Waals surface area contributed by atoms with Gasteiger partial charge in [-0.1, -0.05) is 18.2 Å². The predicted molar refractivity (Wildman–Crippen MR) is 74.4 cm³/mol. The molecule has 25 heavy (non-hydrogen) atoms. The number of anilines is 1. The van der Waals surface area contributed by atoms with Gasteiger partial charge in [-0.2, -0.15) is 22.0 Å². The van der Waals surface area contributed by atoms with Crippen LogP contribution in [-0.4, -0.2) is 23.9 Å². The van der Waals surface area contributed by atoms with E-state index in [2.05, 4.69) is 5.32 Å². The molecular weight excluding hydrogens is 353 g/mol. The highest BCUT2D eigenvalue weighted by atomic mass is 19.4. The lowest BCUT2D eigenvalue weighted by molar-refractivity contribution is -0.289. The first kappa shape index (κ1) is 18.7. The molecule has 0 atom stereocenters. The summed E-state index contributed by atoms with van der Waals surface area (Å²) in [6.45, 7) is 2.60. The molecule has 1 saturated heterocycles. The summed E-state index contributed by atoms with van der Waals surface area (Å²) < 4.78 is 74.4. The molecule has 1 aromatic carbocycles. The van der Waals surface area contributed by atoms with Crippen molar-refractivity contribution < 1.29 is 41.0 Å². The molecule has 0 aliphatic carbocycles. The van der Waals surface area contributed by atoms with Crippen LogP contribution in [0.5, 0.6) is 0 Å². The highest BCUT2D eigenvalue weighted by Crippen LogP contribution is 2.46. The topological polar surface area (TPSA) is 64.6 Å². The highest BCUT2D eigenvalue weighted by molar-refractivity contribution is 6.15. The molecule has 0 aromatic heterocycles. The Labute approximate surface area is 138 Å². The number of nitrogens with one attached hydrogen (secondary N) is 1. The van der Waals surface area contributed by atoms with Crippen molar-refractivity contribution >= 4 is 17.6 Å². The molecule has 0 spiro atoms. The Bertz CT molecular complexity index is 718. The number of carbonyl (C=O) groups excluding carboxylic acids is 2. The van der Waals surface area contributed by atoms with Crippen LogP contribution in [-0.2, 0) is 25.0 Å². The Kier molecular flexibility index (Phi) is 4.49. The highest BCUT2D eigenvalue weighted by Gasteiger charge is 2.59. The summed E-state index contributed by atoms with van der Waals surface area (Å²) in [5.74, 6) is -8.85. The van der Waals surface area contributed by atoms with Crippen molar-refractivity contribution in [2.24, 2.45) is 0 Å². The van der Waals surface area contributed by atoms with E-state index < -0.39 is 46.6 Å². The van der Waals surface area contributed by atoms with Crippen LogP contribution in [0.15, 0.2) is 36.0 Å². The summed E-state index contributed by atoms with van der Waals surface area (Å²) in [4.78, 5) is 23.4. The van der Waals surface area contributed by atoms with E-state index in [1.807, 2.05) is 0 Å². The molecule has 1 aromatic rings. The zero-order valence-electron chi connectivity index (χ0n) is 12.9. The van der Waals surface area contributed by atoms with Crippen molar-refractivity contribution in [2.75, 3.05) is 5.32 Å². The van der Waals surface area contributed by atoms with Gasteiger partial charge in [-0.15, -0.1) is 0 Å². The van der Waals surface area contributed by atoms with Gasteiger partial charge in [0.2, 0.25) is 0 Å². The number of ether oxygens (including phenoxy) is 2. The predicted octanol–water partition coefficient (Wildman–Crippen LogP) is 3.47. The molecular formula is C15H12F5NO4. The van der Waals surface area contributed by atoms with Crippen molar-refractivity contribution in [3.8, 4) is 0 Å². The van der Waals surface area contributed by atoms with Crippen molar-refractivity contribution in [2.45, 2.75) is 31.7 Å². The maximum atomic E-state index is 13.6. The van der Waals surface area contributed by atoms with E-state index in [4.69, 9.17) is 9.47 Å². The van der Waals surface area contributed by atoms with Crippen LogP contribution in [0.3, 0.4) is 0 Å². The largest absolute Gasteiger partial charge is 0.458 e. The van der Waals surface area contributed by atoms with Gasteiger partial charge in [0, 0.05) is 25.7 Å². The maximum Gasteiger partial charge on any atom is 0.458 e. The van der Waals surface area contributed by atoms with Crippen molar-refractivity contribution in [3.05, 3.63) is 41.6 Å². The number of benzene rings is 1. The molecule has 136 valence electrons. The first-order chi connectivity index (χ1) is 11.3. The molecule has 10 heteroatoms. The summed E-state index contributed by atoms with van der Waals surface area (Å²) in [7, 11) is 0. The van der Waals surface area contributed by atoms with Gasteiger partial charge >= 0.3 is 24.0 Å². The number of halogens is 5. The Morgan fingerprint density at radius 2 is 1.52 bits per heavy atom. The fourth-order valence-corrected chi connectivity index (χ4v) is 1.96. The molecule has 0 saturated carbocycles. The van der Waals surface area contributed by atoms with E-state index in [9.17, 15) is 31.5 Å². The van der Waals surface area contributed by atoms with Crippen molar-refractivity contribution in [1.29, 1.82) is 0 Å². The third-order valence-corrected chi connectivity index (χ3v) is 3.11. The second-order valence-corrected chi connectivity index (χ2v) is 5.50. The van der Waals surface area contributed by atoms with Gasteiger partial charge in [0.25, 0.3) is 5.79 Å². The fraction of sp³-hybridized carbons (Fsp3) is 0.333. The maximum absolute atomic E-state index is 13.6. The normalized spacial score (nSPS) is 17.6. The number of alkyl halides is 5. The van der Waals surface area contributed by atoms with E-state index >= 15 is 0 Å². The van der Waals surface area contributed by atoms with Gasteiger partial charge in [0.15, 0.2) is 5.57 Å². The smallest absolute Gasteiger partial charge is 0.419 e. The summed E-state index contributed by atoms with van der Waals surface area (Å²) in [6.07, 6.45) is -5.16. The van der Waals surface area contributed by atoms with E-state index in [0.29, 0.717) is 12.3 Å². The third kappa shape index (κ3) is 3.72. The van der Waals surface area contributed by atoms with Gasteiger partial charge in [0.05, 0.1) is 5.56 Å². The average molecular weight is 365 g/mol. The number of rotatable bonds is 3. The van der Waals surface area contributed by atoms with Crippen LogP contribution in [0.1, 0.15) is 19.4 Å². The van der Waals surface area contributed by atoms with E-state index in [1.54, 1.807) is 0 Å². The Morgan fingerprint density at radius 1 is 1.00 bits per heavy atom. The lowest BCUT2D eigenvalue weighted by Crippen LogP contribution is -2.42. The van der Waals surface area contributed by atoms with Gasteiger partial charge in [0.1, 0.15) is 0 Å². The molecule has 1 N–H and O–H groups in total. The molecule has 5 nitrogen and oxygen atoms in total. The summed E-state index contributed by atoms with van der Waals surface area (Å²) >= 11 is 0.